The number of hydrogen-bond acceptors (Lipinski definition) is 6. The summed E-state index contributed by atoms with van der Waals surface area (Å²) in [5.74, 6) is -0.590. The number of carbonyl (C=O) groups excluding carboxylic acids is 2. The Bertz CT molecular complexity index is 992. The molecule has 0 spiro atoms. The Morgan fingerprint density at radius 1 is 1.17 bits per heavy atom. The first-order valence-electron chi connectivity index (χ1n) is 9.20. The standard InChI is InChI=1S/C21H24N4O2S2/c1-13-8-9-14(2)16(11-13)25(20(27)15-12-29-24-23-15)18(17-7-6-10-28-17)19(26)22-21(3,4)5/h6-12,18H,1-5H3,(H,22,26). The molecule has 0 saturated carbocycles. The summed E-state index contributed by atoms with van der Waals surface area (Å²) in [6.07, 6.45) is 0. The van der Waals surface area contributed by atoms with Gasteiger partial charge in [0.05, 0.1) is 0 Å². The normalized spacial score (nSPS) is 12.4. The highest BCUT2D eigenvalue weighted by Crippen LogP contribution is 2.34. The smallest absolute Gasteiger partial charge is 0.280 e. The van der Waals surface area contributed by atoms with Gasteiger partial charge in [0, 0.05) is 21.5 Å². The molecule has 3 rings (SSSR count). The van der Waals surface area contributed by atoms with Crippen molar-refractivity contribution in [3.63, 3.8) is 0 Å². The van der Waals surface area contributed by atoms with E-state index in [0.717, 1.165) is 27.5 Å². The van der Waals surface area contributed by atoms with Crippen LogP contribution in [0.25, 0.3) is 0 Å². The van der Waals surface area contributed by atoms with Crippen molar-refractivity contribution in [1.29, 1.82) is 0 Å². The highest BCUT2D eigenvalue weighted by Gasteiger charge is 2.37. The summed E-state index contributed by atoms with van der Waals surface area (Å²) in [6, 6.07) is 8.82. The first-order valence-corrected chi connectivity index (χ1v) is 10.9. The average molecular weight is 429 g/mol. The number of amides is 2. The lowest BCUT2D eigenvalue weighted by atomic mass is 10.0. The van der Waals surface area contributed by atoms with Crippen molar-refractivity contribution in [1.82, 2.24) is 14.9 Å². The van der Waals surface area contributed by atoms with Crippen molar-refractivity contribution in [3.05, 3.63) is 62.8 Å². The molecule has 6 nitrogen and oxygen atoms in total. The van der Waals surface area contributed by atoms with E-state index < -0.39 is 11.6 Å². The molecule has 152 valence electrons. The second kappa shape index (κ2) is 8.42. The number of hydrogen-bond donors (Lipinski definition) is 1. The van der Waals surface area contributed by atoms with Gasteiger partial charge in [-0.05, 0) is 74.8 Å². The summed E-state index contributed by atoms with van der Waals surface area (Å²) in [5.41, 5.74) is 2.37. The Balaban J connectivity index is 2.19. The molecule has 1 atom stereocenters. The van der Waals surface area contributed by atoms with Crippen LogP contribution < -0.4 is 10.2 Å². The summed E-state index contributed by atoms with van der Waals surface area (Å²) in [6.45, 7) is 9.66. The molecule has 1 N–H and O–H groups in total. The molecule has 1 unspecified atom stereocenters. The summed E-state index contributed by atoms with van der Waals surface area (Å²) in [5, 5.41) is 10.5. The first-order chi connectivity index (χ1) is 13.7. The molecular weight excluding hydrogens is 404 g/mol. The Kier molecular flexibility index (Phi) is 6.14. The molecule has 0 aliphatic heterocycles. The topological polar surface area (TPSA) is 75.2 Å². The van der Waals surface area contributed by atoms with Crippen molar-refractivity contribution in [2.45, 2.75) is 46.2 Å². The largest absolute Gasteiger partial charge is 0.349 e. The number of benzene rings is 1. The number of carbonyl (C=O) groups is 2. The van der Waals surface area contributed by atoms with E-state index in [-0.39, 0.29) is 17.5 Å². The second-order valence-corrected chi connectivity index (χ2v) is 9.50. The molecule has 3 aromatic rings. The maximum Gasteiger partial charge on any atom is 0.280 e. The highest BCUT2D eigenvalue weighted by atomic mass is 32.1. The summed E-state index contributed by atoms with van der Waals surface area (Å²) >= 11 is 2.55. The first kappa shape index (κ1) is 21.1. The van der Waals surface area contributed by atoms with Gasteiger partial charge in [-0.2, -0.15) is 0 Å². The van der Waals surface area contributed by atoms with E-state index in [1.54, 1.807) is 10.3 Å². The lowest BCUT2D eigenvalue weighted by molar-refractivity contribution is -0.123. The van der Waals surface area contributed by atoms with Crippen LogP contribution in [0.15, 0.2) is 41.1 Å². The molecule has 0 aliphatic carbocycles. The van der Waals surface area contributed by atoms with Gasteiger partial charge in [0.15, 0.2) is 11.7 Å². The Morgan fingerprint density at radius 2 is 1.93 bits per heavy atom. The quantitative estimate of drug-likeness (QED) is 0.648. The van der Waals surface area contributed by atoms with Crippen LogP contribution in [0.3, 0.4) is 0 Å². The number of nitrogens with zero attached hydrogens (tertiary/aromatic N) is 3. The summed E-state index contributed by atoms with van der Waals surface area (Å²) < 4.78 is 3.83. The van der Waals surface area contributed by atoms with Crippen molar-refractivity contribution < 1.29 is 9.59 Å². The molecule has 0 aliphatic rings. The van der Waals surface area contributed by atoms with Crippen molar-refractivity contribution >= 4 is 40.4 Å². The fraction of sp³-hybridized carbons (Fsp3) is 0.333. The Morgan fingerprint density at radius 3 is 2.52 bits per heavy atom. The average Bonchev–Trinajstić information content (AvgIpc) is 3.33. The van der Waals surface area contributed by atoms with Gasteiger partial charge in [-0.15, -0.1) is 16.4 Å². The molecule has 2 amide bonds. The molecule has 1 aromatic carbocycles. The van der Waals surface area contributed by atoms with E-state index in [0.29, 0.717) is 5.69 Å². The minimum Gasteiger partial charge on any atom is -0.349 e. The van der Waals surface area contributed by atoms with Crippen LogP contribution >= 0.6 is 22.9 Å². The number of anilines is 1. The number of rotatable bonds is 5. The molecule has 2 heterocycles. The van der Waals surface area contributed by atoms with Crippen LogP contribution in [0.1, 0.15) is 53.3 Å². The lowest BCUT2D eigenvalue weighted by Gasteiger charge is -2.33. The third-order valence-corrected chi connectivity index (χ3v) is 5.67. The zero-order chi connectivity index (χ0) is 21.2. The molecule has 2 aromatic heterocycles. The van der Waals surface area contributed by atoms with Gasteiger partial charge >= 0.3 is 0 Å². The third-order valence-electron chi connectivity index (χ3n) is 4.24. The van der Waals surface area contributed by atoms with Gasteiger partial charge in [0.1, 0.15) is 0 Å². The number of aromatic nitrogens is 2. The van der Waals surface area contributed by atoms with Crippen molar-refractivity contribution in [3.8, 4) is 0 Å². The molecule has 0 bridgehead atoms. The van der Waals surface area contributed by atoms with Crippen LogP contribution in [0, 0.1) is 13.8 Å². The van der Waals surface area contributed by atoms with E-state index in [2.05, 4.69) is 14.9 Å². The van der Waals surface area contributed by atoms with Crippen molar-refractivity contribution in [2.24, 2.45) is 0 Å². The monoisotopic (exact) mass is 428 g/mol. The molecule has 0 fully saturated rings. The zero-order valence-electron chi connectivity index (χ0n) is 17.1. The predicted molar refractivity (Wildman–Crippen MR) is 118 cm³/mol. The van der Waals surface area contributed by atoms with E-state index >= 15 is 0 Å². The number of thiophene rings is 1. The van der Waals surface area contributed by atoms with Crippen molar-refractivity contribution in [2.75, 3.05) is 4.90 Å². The number of nitrogens with one attached hydrogen (secondary N) is 1. The minimum absolute atomic E-state index is 0.223. The molecule has 8 heteroatoms. The fourth-order valence-electron chi connectivity index (χ4n) is 2.98. The van der Waals surface area contributed by atoms with E-state index in [1.807, 2.05) is 70.3 Å². The van der Waals surface area contributed by atoms with Crippen LogP contribution in [0.4, 0.5) is 5.69 Å². The van der Waals surface area contributed by atoms with Gasteiger partial charge in [0.25, 0.3) is 5.91 Å². The minimum atomic E-state index is -0.816. The zero-order valence-corrected chi connectivity index (χ0v) is 18.7. The van der Waals surface area contributed by atoms with Crippen LogP contribution in [-0.2, 0) is 4.79 Å². The van der Waals surface area contributed by atoms with Gasteiger partial charge in [-0.1, -0.05) is 22.7 Å². The van der Waals surface area contributed by atoms with Crippen LogP contribution in [0.2, 0.25) is 0 Å². The fourth-order valence-corrected chi connectivity index (χ4v) is 4.23. The second-order valence-electron chi connectivity index (χ2n) is 7.91. The van der Waals surface area contributed by atoms with Gasteiger partial charge in [0.2, 0.25) is 5.91 Å². The maximum absolute atomic E-state index is 13.5. The van der Waals surface area contributed by atoms with E-state index in [4.69, 9.17) is 0 Å². The van der Waals surface area contributed by atoms with Gasteiger partial charge in [-0.3, -0.25) is 14.5 Å². The van der Waals surface area contributed by atoms with Gasteiger partial charge < -0.3 is 5.32 Å². The predicted octanol–water partition coefficient (Wildman–Crippen LogP) is 4.52. The summed E-state index contributed by atoms with van der Waals surface area (Å²) in [7, 11) is 0. The lowest BCUT2D eigenvalue weighted by Crippen LogP contribution is -2.49. The summed E-state index contributed by atoms with van der Waals surface area (Å²) in [4.78, 5) is 29.3. The van der Waals surface area contributed by atoms with Gasteiger partial charge in [-0.25, -0.2) is 0 Å². The molecule has 29 heavy (non-hydrogen) atoms. The molecule has 0 saturated heterocycles. The Hall–Kier alpha value is -2.58. The molecular formula is C21H24N4O2S2. The Labute approximate surface area is 178 Å². The van der Waals surface area contributed by atoms with E-state index in [9.17, 15) is 9.59 Å². The molecule has 0 radical (unpaired) electrons. The number of aryl methyl sites for hydroxylation is 2. The SMILES string of the molecule is Cc1ccc(C)c(N(C(=O)c2csnn2)C(C(=O)NC(C)(C)C)c2cccs2)c1. The van der Waals surface area contributed by atoms with Crippen LogP contribution in [0.5, 0.6) is 0 Å². The third kappa shape index (κ3) is 4.89. The maximum atomic E-state index is 13.5. The van der Waals surface area contributed by atoms with Crippen LogP contribution in [-0.4, -0.2) is 26.9 Å². The van der Waals surface area contributed by atoms with E-state index in [1.165, 1.54) is 11.3 Å². The highest BCUT2D eigenvalue weighted by molar-refractivity contribution is 7.10.